The molecule has 0 unspecified atom stereocenters. The first-order chi connectivity index (χ1) is 10.3. The second kappa shape index (κ2) is 24.8. The summed E-state index contributed by atoms with van der Waals surface area (Å²) in [6.07, 6.45) is 16.7. The molecule has 0 spiro atoms. The Balaban J connectivity index is 0. The third kappa shape index (κ3) is 28.7. The zero-order valence-corrected chi connectivity index (χ0v) is 14.3. The second-order valence-electron chi connectivity index (χ2n) is 5.75. The predicted molar refractivity (Wildman–Crippen MR) is 96.2 cm³/mol. The van der Waals surface area contributed by atoms with Crippen molar-refractivity contribution in [1.82, 2.24) is 0 Å². The molecule has 0 aromatic carbocycles. The maximum Gasteiger partial charge on any atom is -0.00773 e. The molecule has 0 aliphatic carbocycles. The van der Waals surface area contributed by atoms with E-state index in [0.29, 0.717) is 0 Å². The molecular weight excluding hydrogens is 260 g/mol. The Hall–Kier alpha value is -0.160. The van der Waals surface area contributed by atoms with Crippen LogP contribution in [0.4, 0.5) is 0 Å². The Labute approximate surface area is 133 Å². The summed E-state index contributed by atoms with van der Waals surface area (Å²) >= 11 is 0. The summed E-state index contributed by atoms with van der Waals surface area (Å²) in [4.78, 5) is 0. The van der Waals surface area contributed by atoms with Crippen LogP contribution < -0.4 is 22.9 Å². The lowest BCUT2D eigenvalue weighted by Gasteiger charge is -1.99. The highest BCUT2D eigenvalue weighted by Crippen LogP contribution is 2.05. The molecule has 0 amide bonds. The van der Waals surface area contributed by atoms with Crippen molar-refractivity contribution < 1.29 is 0 Å². The highest BCUT2D eigenvalue weighted by molar-refractivity contribution is 4.47. The molecule has 0 aromatic heterocycles. The summed E-state index contributed by atoms with van der Waals surface area (Å²) in [5.74, 6) is 0. The summed E-state index contributed by atoms with van der Waals surface area (Å²) in [6.45, 7) is 3.39. The van der Waals surface area contributed by atoms with Crippen molar-refractivity contribution in [2.45, 2.75) is 83.5 Å². The van der Waals surface area contributed by atoms with Crippen molar-refractivity contribution in [3.05, 3.63) is 0 Å². The Morgan fingerprint density at radius 2 is 0.381 bits per heavy atom. The highest BCUT2D eigenvalue weighted by Gasteiger charge is 1.89. The van der Waals surface area contributed by atoms with Gasteiger partial charge < -0.3 is 22.9 Å². The smallest absolute Gasteiger partial charge is 0.00773 e. The SMILES string of the molecule is NCCCCCCCCCN.NCCCCCCCCN. The molecule has 4 heteroatoms. The fraction of sp³-hybridized carbons (Fsp3) is 1.00. The molecule has 0 rings (SSSR count). The first kappa shape index (κ1) is 23.1. The molecule has 0 radical (unpaired) electrons. The molecule has 0 heterocycles. The summed E-state index contributed by atoms with van der Waals surface area (Å²) in [7, 11) is 0. The predicted octanol–water partition coefficient (Wildman–Crippen LogP) is 2.88. The van der Waals surface area contributed by atoms with Crippen LogP contribution in [-0.4, -0.2) is 26.2 Å². The molecular formula is C17H42N4. The van der Waals surface area contributed by atoms with E-state index in [-0.39, 0.29) is 0 Å². The molecule has 4 nitrogen and oxygen atoms in total. The van der Waals surface area contributed by atoms with Crippen molar-refractivity contribution in [3.63, 3.8) is 0 Å². The van der Waals surface area contributed by atoms with Gasteiger partial charge in [0.2, 0.25) is 0 Å². The van der Waals surface area contributed by atoms with Crippen LogP contribution >= 0.6 is 0 Å². The van der Waals surface area contributed by atoms with Gasteiger partial charge in [0.05, 0.1) is 0 Å². The molecule has 0 saturated carbocycles. The van der Waals surface area contributed by atoms with Crippen LogP contribution in [0.5, 0.6) is 0 Å². The van der Waals surface area contributed by atoms with E-state index in [4.69, 9.17) is 22.9 Å². The molecule has 0 saturated heterocycles. The average Bonchev–Trinajstić information content (AvgIpc) is 2.51. The van der Waals surface area contributed by atoms with E-state index >= 15 is 0 Å². The Bertz CT molecular complexity index is 138. The van der Waals surface area contributed by atoms with Gasteiger partial charge in [-0.05, 0) is 51.9 Å². The largest absolute Gasteiger partial charge is 0.330 e. The standard InChI is InChI=1S/C9H22N2.C8H20N2/c10-8-6-4-2-1-3-5-7-9-11;9-7-5-3-1-2-4-6-8-10/h1-11H2;1-10H2. The third-order valence-electron chi connectivity index (χ3n) is 3.57. The van der Waals surface area contributed by atoms with Gasteiger partial charge in [0.1, 0.15) is 0 Å². The maximum absolute atomic E-state index is 5.37. The highest BCUT2D eigenvalue weighted by atomic mass is 14.5. The average molecular weight is 303 g/mol. The summed E-state index contributed by atoms with van der Waals surface area (Å²) < 4.78 is 0. The summed E-state index contributed by atoms with van der Waals surface area (Å²) in [6, 6.07) is 0. The van der Waals surface area contributed by atoms with Crippen molar-refractivity contribution in [3.8, 4) is 0 Å². The van der Waals surface area contributed by atoms with Crippen LogP contribution in [0.15, 0.2) is 0 Å². The van der Waals surface area contributed by atoms with Crippen molar-refractivity contribution >= 4 is 0 Å². The van der Waals surface area contributed by atoms with E-state index in [1.807, 2.05) is 0 Å². The first-order valence-corrected chi connectivity index (χ1v) is 9.13. The minimum Gasteiger partial charge on any atom is -0.330 e. The maximum atomic E-state index is 5.37. The quantitative estimate of drug-likeness (QED) is 0.349. The number of nitrogens with two attached hydrogens (primary N) is 4. The van der Waals surface area contributed by atoms with Crippen LogP contribution in [0.1, 0.15) is 83.5 Å². The van der Waals surface area contributed by atoms with Crippen molar-refractivity contribution in [2.24, 2.45) is 22.9 Å². The van der Waals surface area contributed by atoms with Gasteiger partial charge in [0.25, 0.3) is 0 Å². The Morgan fingerprint density at radius 1 is 0.238 bits per heavy atom. The van der Waals surface area contributed by atoms with E-state index in [9.17, 15) is 0 Å². The fourth-order valence-corrected chi connectivity index (χ4v) is 2.17. The molecule has 0 fully saturated rings. The number of unbranched alkanes of at least 4 members (excludes halogenated alkanes) is 11. The van der Waals surface area contributed by atoms with Gasteiger partial charge in [-0.15, -0.1) is 0 Å². The lowest BCUT2D eigenvalue weighted by atomic mass is 10.1. The zero-order chi connectivity index (χ0) is 16.0. The number of hydrogen-bond donors (Lipinski definition) is 4. The summed E-state index contributed by atoms with van der Waals surface area (Å²) in [5, 5.41) is 0. The molecule has 0 aromatic rings. The number of rotatable bonds is 15. The topological polar surface area (TPSA) is 104 Å². The van der Waals surface area contributed by atoms with E-state index in [0.717, 1.165) is 26.2 Å². The molecule has 8 N–H and O–H groups in total. The zero-order valence-electron chi connectivity index (χ0n) is 14.3. The van der Waals surface area contributed by atoms with Crippen LogP contribution in [0.25, 0.3) is 0 Å². The lowest BCUT2D eigenvalue weighted by Crippen LogP contribution is -1.99. The van der Waals surface area contributed by atoms with Crippen LogP contribution in [0.3, 0.4) is 0 Å². The molecule has 0 atom stereocenters. The van der Waals surface area contributed by atoms with Gasteiger partial charge in [-0.2, -0.15) is 0 Å². The molecule has 0 bridgehead atoms. The van der Waals surface area contributed by atoms with E-state index in [1.165, 1.54) is 83.5 Å². The van der Waals surface area contributed by atoms with Gasteiger partial charge >= 0.3 is 0 Å². The van der Waals surface area contributed by atoms with Gasteiger partial charge in [-0.25, -0.2) is 0 Å². The van der Waals surface area contributed by atoms with Crippen LogP contribution in [-0.2, 0) is 0 Å². The van der Waals surface area contributed by atoms with Gasteiger partial charge in [-0.3, -0.25) is 0 Å². The lowest BCUT2D eigenvalue weighted by molar-refractivity contribution is 0.585. The van der Waals surface area contributed by atoms with E-state index in [2.05, 4.69) is 0 Å². The molecule has 21 heavy (non-hydrogen) atoms. The van der Waals surface area contributed by atoms with Gasteiger partial charge in [0, 0.05) is 0 Å². The molecule has 0 aliphatic heterocycles. The van der Waals surface area contributed by atoms with E-state index < -0.39 is 0 Å². The fourth-order valence-electron chi connectivity index (χ4n) is 2.17. The monoisotopic (exact) mass is 302 g/mol. The Kier molecular flexibility index (Phi) is 27.3. The number of hydrogen-bond acceptors (Lipinski definition) is 4. The molecule has 130 valence electrons. The molecule has 0 aliphatic rings. The normalized spacial score (nSPS) is 10.3. The van der Waals surface area contributed by atoms with Crippen molar-refractivity contribution in [2.75, 3.05) is 26.2 Å². The summed E-state index contributed by atoms with van der Waals surface area (Å²) in [5.41, 5.74) is 21.4. The van der Waals surface area contributed by atoms with Crippen LogP contribution in [0, 0.1) is 0 Å². The van der Waals surface area contributed by atoms with Crippen LogP contribution in [0.2, 0.25) is 0 Å². The van der Waals surface area contributed by atoms with Crippen molar-refractivity contribution in [1.29, 1.82) is 0 Å². The third-order valence-corrected chi connectivity index (χ3v) is 3.57. The first-order valence-electron chi connectivity index (χ1n) is 9.13. The minimum atomic E-state index is 0.844. The Morgan fingerprint density at radius 3 is 0.524 bits per heavy atom. The van der Waals surface area contributed by atoms with Gasteiger partial charge in [0.15, 0.2) is 0 Å². The second-order valence-corrected chi connectivity index (χ2v) is 5.75. The minimum absolute atomic E-state index is 0.844. The van der Waals surface area contributed by atoms with E-state index in [1.54, 1.807) is 0 Å². The van der Waals surface area contributed by atoms with Gasteiger partial charge in [-0.1, -0.05) is 57.8 Å².